The van der Waals surface area contributed by atoms with Gasteiger partial charge in [0.25, 0.3) is 5.91 Å². The van der Waals surface area contributed by atoms with Gasteiger partial charge in [0.15, 0.2) is 0 Å². The molecule has 0 aromatic heterocycles. The number of nitrogens with one attached hydrogen (secondary N) is 1. The Kier molecular flexibility index (Phi) is 11.7. The molecule has 2 rings (SSSR count). The molecule has 2 aromatic rings. The van der Waals surface area contributed by atoms with Crippen LogP contribution in [-0.2, 0) is 11.2 Å². The summed E-state index contributed by atoms with van der Waals surface area (Å²) >= 11 is 0. The molecule has 2 aromatic carbocycles. The molecule has 180 valence electrons. The molecule has 5 heteroatoms. The highest BCUT2D eigenvalue weighted by atomic mass is 16.2. The van der Waals surface area contributed by atoms with Crippen molar-refractivity contribution in [3.05, 3.63) is 71.3 Å². The van der Waals surface area contributed by atoms with Crippen LogP contribution in [0.5, 0.6) is 0 Å². The molecule has 0 heterocycles. The second-order valence-electron chi connectivity index (χ2n) is 8.73. The molecule has 0 saturated heterocycles. The Morgan fingerprint density at radius 3 is 2.24 bits per heavy atom. The van der Waals surface area contributed by atoms with Crippen LogP contribution < -0.4 is 5.32 Å². The molecular weight excluding hydrogens is 410 g/mol. The number of benzene rings is 2. The van der Waals surface area contributed by atoms with Crippen molar-refractivity contribution < 1.29 is 9.59 Å². The van der Waals surface area contributed by atoms with Gasteiger partial charge in [-0.25, -0.2) is 0 Å². The fourth-order valence-electron chi connectivity index (χ4n) is 4.02. The fourth-order valence-corrected chi connectivity index (χ4v) is 4.02. The topological polar surface area (TPSA) is 52.7 Å². The molecule has 0 aliphatic heterocycles. The maximum Gasteiger partial charge on any atom is 0.254 e. The summed E-state index contributed by atoms with van der Waals surface area (Å²) in [6, 6.07) is 17.9. The lowest BCUT2D eigenvalue weighted by molar-refractivity contribution is -0.121. The maximum atomic E-state index is 13.3. The molecule has 1 N–H and O–H groups in total. The van der Waals surface area contributed by atoms with Crippen LogP contribution in [0.1, 0.15) is 61.5 Å². The monoisotopic (exact) mass is 451 g/mol. The van der Waals surface area contributed by atoms with Gasteiger partial charge in [-0.15, -0.1) is 0 Å². The number of rotatable bonds is 14. The predicted octanol–water partition coefficient (Wildman–Crippen LogP) is 4.70. The summed E-state index contributed by atoms with van der Waals surface area (Å²) < 4.78 is 0. The minimum absolute atomic E-state index is 0.00707. The summed E-state index contributed by atoms with van der Waals surface area (Å²) in [4.78, 5) is 30.1. The molecule has 0 aliphatic rings. The summed E-state index contributed by atoms with van der Waals surface area (Å²) in [7, 11) is 0. The van der Waals surface area contributed by atoms with E-state index in [2.05, 4.69) is 43.1 Å². The van der Waals surface area contributed by atoms with Crippen LogP contribution in [0.4, 0.5) is 0 Å². The quantitative estimate of drug-likeness (QED) is 0.453. The van der Waals surface area contributed by atoms with Crippen LogP contribution in [-0.4, -0.2) is 60.4 Å². The lowest BCUT2D eigenvalue weighted by Crippen LogP contribution is -2.39. The summed E-state index contributed by atoms with van der Waals surface area (Å²) in [5.74, 6) is -0.00302. The second-order valence-corrected chi connectivity index (χ2v) is 8.73. The zero-order valence-electron chi connectivity index (χ0n) is 20.8. The first-order valence-corrected chi connectivity index (χ1v) is 12.3. The summed E-state index contributed by atoms with van der Waals surface area (Å²) in [6.45, 7) is 12.6. The van der Waals surface area contributed by atoms with Crippen molar-refractivity contribution in [1.82, 2.24) is 15.1 Å². The molecule has 1 unspecified atom stereocenters. The number of amides is 2. The van der Waals surface area contributed by atoms with Gasteiger partial charge < -0.3 is 15.1 Å². The molecular formula is C28H41N3O2. The normalized spacial score (nSPS) is 11.9. The number of nitrogens with zero attached hydrogens (tertiary/aromatic N) is 2. The predicted molar refractivity (Wildman–Crippen MR) is 136 cm³/mol. The van der Waals surface area contributed by atoms with Crippen LogP contribution in [0.25, 0.3) is 0 Å². The van der Waals surface area contributed by atoms with E-state index in [1.54, 1.807) is 0 Å². The van der Waals surface area contributed by atoms with E-state index in [-0.39, 0.29) is 17.9 Å². The third-order valence-corrected chi connectivity index (χ3v) is 6.20. The van der Waals surface area contributed by atoms with Gasteiger partial charge in [0.1, 0.15) is 0 Å². The number of hydrogen-bond acceptors (Lipinski definition) is 3. The van der Waals surface area contributed by atoms with Crippen LogP contribution >= 0.6 is 0 Å². The van der Waals surface area contributed by atoms with Crippen LogP contribution in [0.3, 0.4) is 0 Å². The first-order chi connectivity index (χ1) is 15.9. The molecule has 5 nitrogen and oxygen atoms in total. The van der Waals surface area contributed by atoms with Gasteiger partial charge in [-0.3, -0.25) is 9.59 Å². The van der Waals surface area contributed by atoms with E-state index < -0.39 is 0 Å². The van der Waals surface area contributed by atoms with E-state index in [0.717, 1.165) is 44.5 Å². The summed E-state index contributed by atoms with van der Waals surface area (Å²) in [5, 5.41) is 3.11. The first kappa shape index (κ1) is 26.6. The van der Waals surface area contributed by atoms with Gasteiger partial charge in [-0.2, -0.15) is 0 Å². The molecule has 0 aliphatic carbocycles. The van der Waals surface area contributed by atoms with Crippen LogP contribution in [0, 0.1) is 6.92 Å². The van der Waals surface area contributed by atoms with Crippen molar-refractivity contribution in [1.29, 1.82) is 0 Å². The molecule has 0 bridgehead atoms. The zero-order valence-corrected chi connectivity index (χ0v) is 20.8. The van der Waals surface area contributed by atoms with Crippen molar-refractivity contribution in [3.8, 4) is 0 Å². The highest BCUT2D eigenvalue weighted by molar-refractivity contribution is 5.95. The molecule has 2 amide bonds. The Hall–Kier alpha value is -2.66. The van der Waals surface area contributed by atoms with Crippen molar-refractivity contribution in [2.75, 3.05) is 32.7 Å². The Morgan fingerprint density at radius 2 is 1.58 bits per heavy atom. The first-order valence-electron chi connectivity index (χ1n) is 12.3. The van der Waals surface area contributed by atoms with E-state index in [4.69, 9.17) is 0 Å². The third-order valence-electron chi connectivity index (χ3n) is 6.20. The van der Waals surface area contributed by atoms with Crippen molar-refractivity contribution in [2.24, 2.45) is 0 Å². The van der Waals surface area contributed by atoms with Gasteiger partial charge in [0, 0.05) is 31.1 Å². The van der Waals surface area contributed by atoms with Gasteiger partial charge in [0.2, 0.25) is 5.91 Å². The minimum atomic E-state index is -0.0101. The Morgan fingerprint density at radius 1 is 0.909 bits per heavy atom. The maximum absolute atomic E-state index is 13.3. The van der Waals surface area contributed by atoms with Gasteiger partial charge in [-0.1, -0.05) is 62.4 Å². The molecule has 33 heavy (non-hydrogen) atoms. The molecule has 1 atom stereocenters. The highest BCUT2D eigenvalue weighted by Crippen LogP contribution is 2.12. The third kappa shape index (κ3) is 9.39. The smallest absolute Gasteiger partial charge is 0.254 e. The number of carbonyl (C=O) groups is 2. The Bertz CT molecular complexity index is 849. The van der Waals surface area contributed by atoms with E-state index in [9.17, 15) is 9.59 Å². The minimum Gasteiger partial charge on any atom is -0.354 e. The standard InChI is InChI=1S/C28H41N3O2/c1-5-30(6-2)20-12-14-24(4)29-27(32)19-22-31(21-18-25-15-8-7-9-16-25)28(33)26-17-11-10-13-23(26)3/h7-11,13,15-17,24H,5-6,12,14,18-22H2,1-4H3,(H,29,32). The van der Waals surface area contributed by atoms with Gasteiger partial charge in [-0.05, 0) is 69.9 Å². The Balaban J connectivity index is 1.91. The van der Waals surface area contributed by atoms with Gasteiger partial charge in [0.05, 0.1) is 0 Å². The SMILES string of the molecule is CCN(CC)CCCC(C)NC(=O)CCN(CCc1ccccc1)C(=O)c1ccccc1C. The number of carbonyl (C=O) groups excluding carboxylic acids is 2. The van der Waals surface area contributed by atoms with Crippen LogP contribution in [0.2, 0.25) is 0 Å². The van der Waals surface area contributed by atoms with Crippen molar-refractivity contribution in [3.63, 3.8) is 0 Å². The fraction of sp³-hybridized carbons (Fsp3) is 0.500. The van der Waals surface area contributed by atoms with E-state index in [1.165, 1.54) is 5.56 Å². The van der Waals surface area contributed by atoms with E-state index in [0.29, 0.717) is 25.1 Å². The summed E-state index contributed by atoms with van der Waals surface area (Å²) in [5.41, 5.74) is 2.85. The van der Waals surface area contributed by atoms with E-state index in [1.807, 2.05) is 54.3 Å². The molecule has 0 saturated carbocycles. The lowest BCUT2D eigenvalue weighted by atomic mass is 10.1. The van der Waals surface area contributed by atoms with Crippen LogP contribution in [0.15, 0.2) is 54.6 Å². The molecule has 0 fully saturated rings. The average Bonchev–Trinajstić information content (AvgIpc) is 2.82. The highest BCUT2D eigenvalue weighted by Gasteiger charge is 2.19. The largest absolute Gasteiger partial charge is 0.354 e. The van der Waals surface area contributed by atoms with Crippen molar-refractivity contribution >= 4 is 11.8 Å². The zero-order chi connectivity index (χ0) is 24.1. The Labute approximate surface area is 200 Å². The number of hydrogen-bond donors (Lipinski definition) is 1. The van der Waals surface area contributed by atoms with E-state index >= 15 is 0 Å². The average molecular weight is 452 g/mol. The van der Waals surface area contributed by atoms with Crippen molar-refractivity contribution in [2.45, 2.75) is 59.4 Å². The molecule has 0 spiro atoms. The number of aryl methyl sites for hydroxylation is 1. The second kappa shape index (κ2) is 14.5. The van der Waals surface area contributed by atoms with Gasteiger partial charge >= 0.3 is 0 Å². The lowest BCUT2D eigenvalue weighted by Gasteiger charge is -2.24. The summed E-state index contributed by atoms with van der Waals surface area (Å²) in [6.07, 6.45) is 3.11. The molecule has 0 radical (unpaired) electrons.